The van der Waals surface area contributed by atoms with Gasteiger partial charge in [-0.05, 0) is 54.3 Å². The highest BCUT2D eigenvalue weighted by Crippen LogP contribution is 2.43. The Morgan fingerprint density at radius 3 is 1.59 bits per heavy atom. The largest absolute Gasteiger partial charge is 0.497 e. The fraction of sp³-hybridized carbons (Fsp3) is 0.152. The van der Waals surface area contributed by atoms with Crippen LogP contribution in [0.1, 0.15) is 19.4 Å². The highest BCUT2D eigenvalue weighted by atomic mass is 31.2. The predicted octanol–water partition coefficient (Wildman–Crippen LogP) is 5.79. The molecule has 0 aliphatic rings. The first-order valence-corrected chi connectivity index (χ1v) is 14.4. The normalized spacial score (nSPS) is 10.9. The van der Waals surface area contributed by atoms with Gasteiger partial charge in [-0.2, -0.15) is 0 Å². The topological polar surface area (TPSA) is 29.5 Å². The molecule has 0 saturated heterocycles. The van der Waals surface area contributed by atoms with Gasteiger partial charge in [0, 0.05) is 18.9 Å². The number of carbonyl (C=O) groups is 1. The second kappa shape index (κ2) is 12.4. The quantitative estimate of drug-likeness (QED) is 0.212. The molecule has 4 aromatic rings. The molecule has 37 heavy (non-hydrogen) atoms. The van der Waals surface area contributed by atoms with Crippen LogP contribution >= 0.6 is 6.89 Å². The van der Waals surface area contributed by atoms with Gasteiger partial charge in [-0.1, -0.05) is 115 Å². The van der Waals surface area contributed by atoms with Gasteiger partial charge in [0.15, 0.2) is 0 Å². The molecule has 0 bridgehead atoms. The lowest BCUT2D eigenvalue weighted by Gasteiger charge is -2.30. The highest BCUT2D eigenvalue weighted by molar-refractivity contribution is 7.95. The molecular formula is C33H34NO2P. The third-order valence-electron chi connectivity index (χ3n) is 6.36. The van der Waals surface area contributed by atoms with Crippen LogP contribution in [-0.4, -0.2) is 30.3 Å². The van der Waals surface area contributed by atoms with E-state index in [-0.39, 0.29) is 5.91 Å². The number of benzene rings is 4. The molecule has 0 aromatic heterocycles. The number of carbonyl (C=O) groups excluding carboxylic acids is 1. The summed E-state index contributed by atoms with van der Waals surface area (Å²) in [4.78, 5) is 16.2. The van der Waals surface area contributed by atoms with E-state index >= 15 is 0 Å². The Morgan fingerprint density at radius 1 is 0.730 bits per heavy atom. The third kappa shape index (κ3) is 6.31. The zero-order chi connectivity index (χ0) is 26.1. The van der Waals surface area contributed by atoms with Crippen LogP contribution in [-0.2, 0) is 11.3 Å². The molecule has 4 rings (SSSR count). The van der Waals surface area contributed by atoms with Crippen molar-refractivity contribution in [2.45, 2.75) is 20.4 Å². The van der Waals surface area contributed by atoms with E-state index in [4.69, 9.17) is 4.74 Å². The van der Waals surface area contributed by atoms with Gasteiger partial charge in [0.25, 0.3) is 0 Å². The Morgan fingerprint density at radius 2 is 1.19 bits per heavy atom. The van der Waals surface area contributed by atoms with E-state index in [1.54, 1.807) is 7.11 Å². The molecule has 3 nitrogen and oxygen atoms in total. The Labute approximate surface area is 221 Å². The number of rotatable bonds is 9. The predicted molar refractivity (Wildman–Crippen MR) is 159 cm³/mol. The van der Waals surface area contributed by atoms with E-state index in [0.717, 1.165) is 27.2 Å². The summed E-state index contributed by atoms with van der Waals surface area (Å²) in [5.41, 5.74) is 2.25. The molecule has 0 heterocycles. The zero-order valence-corrected chi connectivity index (χ0v) is 22.6. The van der Waals surface area contributed by atoms with Gasteiger partial charge in [-0.15, -0.1) is 0 Å². The van der Waals surface area contributed by atoms with E-state index < -0.39 is 6.89 Å². The average molecular weight is 508 g/mol. The summed E-state index contributed by atoms with van der Waals surface area (Å²) >= 11 is 0. The Bertz CT molecular complexity index is 1270. The van der Waals surface area contributed by atoms with Crippen LogP contribution in [0.4, 0.5) is 0 Å². The maximum absolute atomic E-state index is 14.3. The number of nitrogens with zero attached hydrogens (tertiary/aromatic N) is 1. The van der Waals surface area contributed by atoms with Crippen LogP contribution < -0.4 is 20.7 Å². The minimum absolute atomic E-state index is 0.0261. The molecule has 0 aliphatic carbocycles. The Kier molecular flexibility index (Phi) is 8.82. The van der Waals surface area contributed by atoms with Crippen molar-refractivity contribution in [3.05, 3.63) is 132 Å². The minimum atomic E-state index is -2.39. The molecule has 0 saturated carbocycles. The number of amides is 1. The van der Waals surface area contributed by atoms with E-state index in [1.165, 1.54) is 5.57 Å². The van der Waals surface area contributed by atoms with E-state index in [2.05, 4.69) is 92.7 Å². The van der Waals surface area contributed by atoms with Crippen LogP contribution in [0.5, 0.6) is 5.75 Å². The summed E-state index contributed by atoms with van der Waals surface area (Å²) in [6.45, 7) is 2.80. The molecule has 0 fully saturated rings. The van der Waals surface area contributed by atoms with Crippen LogP contribution in [0.2, 0.25) is 0 Å². The number of hydrogen-bond donors (Lipinski definition) is 0. The molecule has 1 amide bonds. The summed E-state index contributed by atoms with van der Waals surface area (Å²) < 4.78 is 5.32. The van der Waals surface area contributed by atoms with Gasteiger partial charge < -0.3 is 9.64 Å². The maximum atomic E-state index is 14.3. The smallest absolute Gasteiger partial charge is 0.248 e. The van der Waals surface area contributed by atoms with Gasteiger partial charge >= 0.3 is 0 Å². The van der Waals surface area contributed by atoms with Crippen LogP contribution in [0, 0.1) is 0 Å². The summed E-state index contributed by atoms with van der Waals surface area (Å²) in [7, 11) is 1.66. The maximum Gasteiger partial charge on any atom is 0.248 e. The second-order valence-corrected chi connectivity index (χ2v) is 12.5. The fourth-order valence-corrected chi connectivity index (χ4v) is 8.15. The van der Waals surface area contributed by atoms with Gasteiger partial charge in [-0.25, -0.2) is 0 Å². The lowest BCUT2D eigenvalue weighted by molar-refractivity contribution is -0.123. The summed E-state index contributed by atoms with van der Waals surface area (Å²) in [6, 6.07) is 39.3. The van der Waals surface area contributed by atoms with Crippen molar-refractivity contribution in [2.24, 2.45) is 0 Å². The summed E-state index contributed by atoms with van der Waals surface area (Å²) in [5, 5.41) is 3.48. The number of ether oxygens (including phenoxy) is 1. The molecule has 0 unspecified atom stereocenters. The van der Waals surface area contributed by atoms with Crippen LogP contribution in [0.15, 0.2) is 127 Å². The highest BCUT2D eigenvalue weighted by Gasteiger charge is 2.27. The lowest BCUT2D eigenvalue weighted by atomic mass is 10.2. The van der Waals surface area contributed by atoms with E-state index in [9.17, 15) is 4.79 Å². The standard InChI is InChI=1S/C33H34NO2P/c1-27(2)23-24-34(25-28-19-21-29(36-3)22-20-28)33(35)26-37(30-13-7-4-8-14-30,31-15-9-5-10-16-31)32-17-11-6-12-18-32/h4-23,26H,24-25H2,1-3H3. The van der Waals surface area contributed by atoms with Gasteiger partial charge in [0.05, 0.1) is 7.11 Å². The van der Waals surface area contributed by atoms with Crippen molar-refractivity contribution in [3.8, 4) is 5.75 Å². The fourth-order valence-electron chi connectivity index (χ4n) is 4.38. The zero-order valence-electron chi connectivity index (χ0n) is 21.7. The number of hydrogen-bond acceptors (Lipinski definition) is 2. The second-order valence-electron chi connectivity index (χ2n) is 9.21. The van der Waals surface area contributed by atoms with Crippen molar-refractivity contribution < 1.29 is 9.53 Å². The average Bonchev–Trinajstić information content (AvgIpc) is 2.95. The molecule has 4 heteroatoms. The summed E-state index contributed by atoms with van der Waals surface area (Å²) in [5.74, 6) is 2.84. The molecule has 0 aliphatic heterocycles. The van der Waals surface area contributed by atoms with Gasteiger partial charge in [-0.3, -0.25) is 4.79 Å². The number of allylic oxidation sites excluding steroid dienone is 1. The minimum Gasteiger partial charge on any atom is -0.497 e. The van der Waals surface area contributed by atoms with Crippen molar-refractivity contribution in [1.82, 2.24) is 4.90 Å². The molecule has 0 atom stereocenters. The molecule has 0 N–H and O–H groups in total. The first-order valence-electron chi connectivity index (χ1n) is 12.5. The van der Waals surface area contributed by atoms with Crippen LogP contribution in [0.25, 0.3) is 0 Å². The van der Waals surface area contributed by atoms with E-state index in [1.807, 2.05) is 53.2 Å². The molecule has 0 spiro atoms. The lowest BCUT2D eigenvalue weighted by Crippen LogP contribution is -2.36. The first kappa shape index (κ1) is 26.3. The SMILES string of the molecule is COc1ccc(CN(CC=C(C)C)C(=O)C=P(c2ccccc2)(c2ccccc2)c2ccccc2)cc1. The molecular weight excluding hydrogens is 473 g/mol. The van der Waals surface area contributed by atoms with Crippen LogP contribution in [0.3, 0.4) is 0 Å². The molecule has 4 aromatic carbocycles. The van der Waals surface area contributed by atoms with Crippen molar-refractivity contribution in [1.29, 1.82) is 0 Å². The van der Waals surface area contributed by atoms with Gasteiger partial charge in [0.2, 0.25) is 5.91 Å². The Hall–Kier alpha value is -3.81. The van der Waals surface area contributed by atoms with Crippen molar-refractivity contribution in [3.63, 3.8) is 0 Å². The summed E-state index contributed by atoms with van der Waals surface area (Å²) in [6.07, 6.45) is 2.11. The number of methoxy groups -OCH3 is 1. The first-order chi connectivity index (χ1) is 18.0. The third-order valence-corrected chi connectivity index (χ3v) is 10.3. The molecule has 0 radical (unpaired) electrons. The van der Waals surface area contributed by atoms with Gasteiger partial charge in [0.1, 0.15) is 5.75 Å². The van der Waals surface area contributed by atoms with Crippen molar-refractivity contribution >= 4 is 34.5 Å². The monoisotopic (exact) mass is 507 g/mol. The molecule has 188 valence electrons. The van der Waals surface area contributed by atoms with E-state index in [0.29, 0.717) is 13.1 Å². The Balaban J connectivity index is 1.90. The van der Waals surface area contributed by atoms with Crippen molar-refractivity contribution in [2.75, 3.05) is 13.7 Å².